The van der Waals surface area contributed by atoms with Crippen LogP contribution in [0.3, 0.4) is 0 Å². The molecule has 0 saturated carbocycles. The molecule has 0 unspecified atom stereocenters. The number of rotatable bonds is 21. The van der Waals surface area contributed by atoms with Crippen molar-refractivity contribution in [1.29, 1.82) is 0 Å². The molecule has 0 bridgehead atoms. The summed E-state index contributed by atoms with van der Waals surface area (Å²) < 4.78 is 0. The van der Waals surface area contributed by atoms with Crippen LogP contribution in [0.25, 0.3) is 0 Å². The van der Waals surface area contributed by atoms with Crippen molar-refractivity contribution in [2.24, 2.45) is 39.4 Å². The zero-order valence-corrected chi connectivity index (χ0v) is 22.2. The summed E-state index contributed by atoms with van der Waals surface area (Å²) >= 11 is 0. The van der Waals surface area contributed by atoms with Crippen LogP contribution >= 0.6 is 0 Å². The molecule has 18 heteroatoms. The first-order valence-corrected chi connectivity index (χ1v) is 12.5. The molecule has 0 aromatic carbocycles. The Morgan fingerprint density at radius 3 is 1.73 bits per heavy atom. The second-order valence-electron chi connectivity index (χ2n) is 8.78. The van der Waals surface area contributed by atoms with Gasteiger partial charge in [-0.2, -0.15) is 0 Å². The topological polar surface area (TPSA) is 336 Å². The number of guanidine groups is 1. The Balaban J connectivity index is 5.61. The lowest BCUT2D eigenvalue weighted by atomic mass is 10.0. The fourth-order valence-electron chi connectivity index (χ4n) is 3.32. The van der Waals surface area contributed by atoms with Gasteiger partial charge in [-0.25, -0.2) is 0 Å². The van der Waals surface area contributed by atoms with Crippen LogP contribution in [0, 0.1) is 0 Å². The van der Waals surface area contributed by atoms with Gasteiger partial charge in [0.15, 0.2) is 5.96 Å². The molecule has 0 aromatic heterocycles. The maximum atomic E-state index is 13.1. The number of nitrogens with two attached hydrogens (primary N) is 6. The van der Waals surface area contributed by atoms with Crippen molar-refractivity contribution in [3.63, 3.8) is 0 Å². The predicted octanol–water partition coefficient (Wildman–Crippen LogP) is -5.98. The van der Waals surface area contributed by atoms with Crippen LogP contribution in [0.2, 0.25) is 0 Å². The van der Waals surface area contributed by atoms with Gasteiger partial charge in [-0.3, -0.25) is 33.8 Å². The number of unbranched alkanes of at least 4 members (excludes halogenated alkanes) is 1. The third-order valence-corrected chi connectivity index (χ3v) is 5.32. The van der Waals surface area contributed by atoms with E-state index in [0.29, 0.717) is 32.1 Å². The molecule has 0 aliphatic heterocycles. The molecule has 0 saturated heterocycles. The van der Waals surface area contributed by atoms with E-state index in [1.807, 2.05) is 0 Å². The van der Waals surface area contributed by atoms with E-state index in [4.69, 9.17) is 34.4 Å². The lowest BCUT2D eigenvalue weighted by Crippen LogP contribution is -2.58. The number of primary amides is 2. The van der Waals surface area contributed by atoms with E-state index in [9.17, 15) is 33.6 Å². The van der Waals surface area contributed by atoms with Crippen LogP contribution in [0.15, 0.2) is 4.99 Å². The maximum Gasteiger partial charge on any atom is 0.243 e. The smallest absolute Gasteiger partial charge is 0.243 e. The normalized spacial score (nSPS) is 13.4. The molecule has 18 nitrogen and oxygen atoms in total. The van der Waals surface area contributed by atoms with E-state index in [1.165, 1.54) is 0 Å². The fourth-order valence-corrected chi connectivity index (χ4v) is 3.32. The highest BCUT2D eigenvalue weighted by Gasteiger charge is 2.31. The first kappa shape index (κ1) is 35.7. The van der Waals surface area contributed by atoms with E-state index in [1.54, 1.807) is 0 Å². The number of aldehydes is 1. The monoisotopic (exact) mass is 571 g/mol. The zero-order valence-electron chi connectivity index (χ0n) is 22.2. The summed E-state index contributed by atoms with van der Waals surface area (Å²) in [5.74, 6) is -5.44. The van der Waals surface area contributed by atoms with Gasteiger partial charge in [0, 0.05) is 6.54 Å². The fraction of sp³-hybridized carbons (Fsp3) is 0.636. The summed E-state index contributed by atoms with van der Waals surface area (Å²) in [6.07, 6.45) is 0.755. The summed E-state index contributed by atoms with van der Waals surface area (Å²) in [5, 5.41) is 9.24. The number of hydrogen-bond donors (Lipinski definition) is 10. The Hall–Kier alpha value is -4.32. The van der Waals surface area contributed by atoms with Crippen molar-refractivity contribution in [1.82, 2.24) is 21.3 Å². The average Bonchev–Trinajstić information content (AvgIpc) is 2.87. The minimum absolute atomic E-state index is 0.105. The van der Waals surface area contributed by atoms with Crippen molar-refractivity contribution >= 4 is 47.7 Å². The van der Waals surface area contributed by atoms with Gasteiger partial charge in [0.05, 0.1) is 25.4 Å². The van der Waals surface area contributed by atoms with Gasteiger partial charge in [0.25, 0.3) is 0 Å². The molecule has 0 fully saturated rings. The minimum Gasteiger partial charge on any atom is -0.370 e. The molecule has 0 heterocycles. The summed E-state index contributed by atoms with van der Waals surface area (Å²) in [7, 11) is 0. The number of nitrogens with zero attached hydrogens (tertiary/aromatic N) is 1. The molecule has 6 amide bonds. The SMILES string of the molecule is NCCCC[C@H](NC(=O)[C@@H](N)CCCN=C(N)N)C(=O)N[C@@H](CC(N)=O)C(=O)N[C@@H](CC(N)=O)C(=O)NCC=O. The van der Waals surface area contributed by atoms with Crippen LogP contribution in [0.1, 0.15) is 44.9 Å². The summed E-state index contributed by atoms with van der Waals surface area (Å²) in [5.41, 5.74) is 32.3. The molecule has 40 heavy (non-hydrogen) atoms. The summed E-state index contributed by atoms with van der Waals surface area (Å²) in [4.78, 5) is 88.2. The first-order valence-electron chi connectivity index (χ1n) is 12.5. The van der Waals surface area contributed by atoms with Crippen LogP contribution in [0.5, 0.6) is 0 Å². The Morgan fingerprint density at radius 2 is 1.23 bits per heavy atom. The van der Waals surface area contributed by atoms with Gasteiger partial charge in [-0.1, -0.05) is 0 Å². The maximum absolute atomic E-state index is 13.1. The van der Waals surface area contributed by atoms with Gasteiger partial charge >= 0.3 is 0 Å². The van der Waals surface area contributed by atoms with Crippen LogP contribution in [-0.4, -0.2) is 91.5 Å². The van der Waals surface area contributed by atoms with Crippen LogP contribution in [0.4, 0.5) is 0 Å². The lowest BCUT2D eigenvalue weighted by molar-refractivity contribution is -0.136. The Kier molecular flexibility index (Phi) is 17.6. The van der Waals surface area contributed by atoms with Crippen molar-refractivity contribution < 1.29 is 33.6 Å². The molecule has 0 spiro atoms. The number of aliphatic imine (C=N–C) groups is 1. The molecule has 226 valence electrons. The van der Waals surface area contributed by atoms with Gasteiger partial charge in [-0.05, 0) is 38.6 Å². The van der Waals surface area contributed by atoms with E-state index < -0.39 is 79.0 Å². The first-order chi connectivity index (χ1) is 18.8. The molecule has 0 aromatic rings. The molecular weight excluding hydrogens is 530 g/mol. The van der Waals surface area contributed by atoms with Gasteiger partial charge in [-0.15, -0.1) is 0 Å². The number of carbonyl (C=O) groups excluding carboxylic acids is 7. The van der Waals surface area contributed by atoms with Crippen molar-refractivity contribution in [3.05, 3.63) is 0 Å². The van der Waals surface area contributed by atoms with Crippen LogP contribution in [-0.2, 0) is 33.6 Å². The van der Waals surface area contributed by atoms with Crippen molar-refractivity contribution in [2.45, 2.75) is 69.1 Å². The minimum atomic E-state index is -1.58. The highest BCUT2D eigenvalue weighted by molar-refractivity contribution is 5.97. The number of nitrogens with one attached hydrogen (secondary N) is 4. The Morgan fingerprint density at radius 1 is 0.700 bits per heavy atom. The third kappa shape index (κ3) is 15.8. The number of amides is 6. The molecule has 0 rings (SSSR count). The van der Waals surface area contributed by atoms with Gasteiger partial charge < -0.3 is 60.5 Å². The highest BCUT2D eigenvalue weighted by Crippen LogP contribution is 2.05. The predicted molar refractivity (Wildman–Crippen MR) is 143 cm³/mol. The van der Waals surface area contributed by atoms with Crippen molar-refractivity contribution in [3.8, 4) is 0 Å². The quantitative estimate of drug-likeness (QED) is 0.0267. The molecule has 16 N–H and O–H groups in total. The molecule has 0 radical (unpaired) electrons. The van der Waals surface area contributed by atoms with E-state index in [0.717, 1.165) is 0 Å². The summed E-state index contributed by atoms with van der Waals surface area (Å²) in [6, 6.07) is -5.25. The summed E-state index contributed by atoms with van der Waals surface area (Å²) in [6.45, 7) is 0.177. The highest BCUT2D eigenvalue weighted by atomic mass is 16.2. The van der Waals surface area contributed by atoms with E-state index >= 15 is 0 Å². The lowest BCUT2D eigenvalue weighted by Gasteiger charge is -2.25. The molecule has 0 aliphatic rings. The largest absolute Gasteiger partial charge is 0.370 e. The Bertz CT molecular complexity index is 925. The average molecular weight is 572 g/mol. The van der Waals surface area contributed by atoms with Gasteiger partial charge in [0.2, 0.25) is 35.4 Å². The standard InChI is InChI=1S/C22H41N11O7/c23-6-2-1-5-13(31-18(37)12(24)4-3-7-30-22(27)28)20(39)33-15(11-17(26)36)21(40)32-14(10-16(25)35)19(38)29-8-9-34/h9,12-15H,1-8,10-11,23-24H2,(H2,25,35)(H2,26,36)(H,29,38)(H,31,37)(H,32,40)(H,33,39)(H4,27,28,30)/t12-,13-,14-,15-/m0/s1. The zero-order chi connectivity index (χ0) is 30.7. The second-order valence-corrected chi connectivity index (χ2v) is 8.78. The van der Waals surface area contributed by atoms with Gasteiger partial charge in [0.1, 0.15) is 24.4 Å². The molecule has 4 atom stereocenters. The number of carbonyl (C=O) groups is 7. The van der Waals surface area contributed by atoms with Crippen LogP contribution < -0.4 is 55.7 Å². The van der Waals surface area contributed by atoms with Crippen molar-refractivity contribution in [2.75, 3.05) is 19.6 Å². The molecule has 0 aliphatic carbocycles. The second kappa shape index (κ2) is 19.7. The van der Waals surface area contributed by atoms with E-state index in [-0.39, 0.29) is 25.3 Å². The van der Waals surface area contributed by atoms with E-state index in [2.05, 4.69) is 26.3 Å². The number of hydrogen-bond acceptors (Lipinski definition) is 10. The Labute approximate surface area is 231 Å². The molecular formula is C22H41N11O7. The third-order valence-electron chi connectivity index (χ3n) is 5.32.